The monoisotopic (exact) mass is 489 g/mol. The van der Waals surface area contributed by atoms with Gasteiger partial charge in [-0.25, -0.2) is 4.98 Å². The van der Waals surface area contributed by atoms with Gasteiger partial charge in [0.05, 0.1) is 19.8 Å². The van der Waals surface area contributed by atoms with Crippen molar-refractivity contribution < 1.29 is 23.9 Å². The van der Waals surface area contributed by atoms with E-state index in [9.17, 15) is 14.4 Å². The number of pyridine rings is 1. The predicted molar refractivity (Wildman–Crippen MR) is 133 cm³/mol. The summed E-state index contributed by atoms with van der Waals surface area (Å²) >= 11 is 0. The van der Waals surface area contributed by atoms with Gasteiger partial charge >= 0.3 is 0 Å². The number of nitrogens with one attached hydrogen (secondary N) is 3. The van der Waals surface area contributed by atoms with Gasteiger partial charge in [0.25, 0.3) is 11.8 Å². The standard InChI is InChI=1S/C26H27N5O5/c1-15(32)27-22-14-26(29-18-9-5-4-7-16(18)24(33)30-26)11-12-31(22)25(34)19-13-21(36-3)17-8-6-10-20(35-2)23(17)28-19/h4-10,13,22,29H,11-12,14H2,1-3H3,(H,27,32)(H,30,33). The Morgan fingerprint density at radius 3 is 2.61 bits per heavy atom. The largest absolute Gasteiger partial charge is 0.496 e. The molecule has 3 heterocycles. The first-order valence-electron chi connectivity index (χ1n) is 11.6. The van der Waals surface area contributed by atoms with Crippen molar-refractivity contribution in [3.63, 3.8) is 0 Å². The minimum absolute atomic E-state index is 0.168. The van der Waals surface area contributed by atoms with E-state index in [2.05, 4.69) is 20.9 Å². The van der Waals surface area contributed by atoms with E-state index in [4.69, 9.17) is 9.47 Å². The summed E-state index contributed by atoms with van der Waals surface area (Å²) in [6, 6.07) is 14.3. The van der Waals surface area contributed by atoms with Gasteiger partial charge in [0, 0.05) is 43.5 Å². The van der Waals surface area contributed by atoms with E-state index in [0.717, 1.165) is 11.1 Å². The molecule has 36 heavy (non-hydrogen) atoms. The number of anilines is 1. The topological polar surface area (TPSA) is 122 Å². The van der Waals surface area contributed by atoms with Crippen molar-refractivity contribution >= 4 is 34.3 Å². The quantitative estimate of drug-likeness (QED) is 0.515. The normalized spacial score (nSPS) is 20.8. The number of methoxy groups -OCH3 is 2. The van der Waals surface area contributed by atoms with Gasteiger partial charge in [0.15, 0.2) is 0 Å². The van der Waals surface area contributed by atoms with E-state index in [1.165, 1.54) is 21.1 Å². The molecule has 3 aromatic rings. The van der Waals surface area contributed by atoms with Crippen LogP contribution in [0.2, 0.25) is 0 Å². The number of hydrogen-bond donors (Lipinski definition) is 3. The van der Waals surface area contributed by atoms with Crippen LogP contribution in [0.5, 0.6) is 11.5 Å². The number of aromatic nitrogens is 1. The summed E-state index contributed by atoms with van der Waals surface area (Å²) in [5.74, 6) is 0.160. The summed E-state index contributed by atoms with van der Waals surface area (Å²) < 4.78 is 11.0. The number of benzene rings is 2. The fourth-order valence-corrected chi connectivity index (χ4v) is 4.99. The highest BCUT2D eigenvalue weighted by Gasteiger charge is 2.46. The molecule has 3 N–H and O–H groups in total. The second-order valence-electron chi connectivity index (χ2n) is 8.94. The molecule has 0 bridgehead atoms. The summed E-state index contributed by atoms with van der Waals surface area (Å²) in [7, 11) is 3.07. The van der Waals surface area contributed by atoms with Crippen molar-refractivity contribution in [1.29, 1.82) is 0 Å². The smallest absolute Gasteiger partial charge is 0.274 e. The zero-order valence-corrected chi connectivity index (χ0v) is 20.3. The van der Waals surface area contributed by atoms with Crippen LogP contribution in [0.4, 0.5) is 5.69 Å². The molecule has 2 aromatic carbocycles. The Kier molecular flexibility index (Phi) is 5.87. The number of hydrogen-bond acceptors (Lipinski definition) is 7. The maximum atomic E-state index is 13.7. The number of nitrogens with zero attached hydrogens (tertiary/aromatic N) is 2. The highest BCUT2D eigenvalue weighted by atomic mass is 16.5. The number of carbonyl (C=O) groups excluding carboxylic acids is 3. The Morgan fingerprint density at radius 2 is 1.86 bits per heavy atom. The van der Waals surface area contributed by atoms with Crippen LogP contribution >= 0.6 is 0 Å². The lowest BCUT2D eigenvalue weighted by Gasteiger charge is -2.49. The molecule has 2 atom stereocenters. The molecule has 2 aliphatic rings. The summed E-state index contributed by atoms with van der Waals surface area (Å²) in [4.78, 5) is 44.8. The molecule has 1 fully saturated rings. The Hall–Kier alpha value is -4.34. The van der Waals surface area contributed by atoms with Gasteiger partial charge in [-0.3, -0.25) is 14.4 Å². The molecule has 2 aliphatic heterocycles. The molecule has 3 amide bonds. The van der Waals surface area contributed by atoms with Gasteiger partial charge < -0.3 is 30.3 Å². The highest BCUT2D eigenvalue weighted by Crippen LogP contribution is 2.35. The molecular weight excluding hydrogens is 462 g/mol. The summed E-state index contributed by atoms with van der Waals surface area (Å²) in [5, 5.41) is 10.1. The Bertz CT molecular complexity index is 1380. The molecule has 5 rings (SSSR count). The molecule has 2 unspecified atom stereocenters. The third kappa shape index (κ3) is 4.04. The molecule has 0 aliphatic carbocycles. The summed E-state index contributed by atoms with van der Waals surface area (Å²) in [5.41, 5.74) is 1.13. The zero-order chi connectivity index (χ0) is 25.4. The van der Waals surface area contributed by atoms with Crippen LogP contribution in [0, 0.1) is 0 Å². The SMILES string of the molecule is COc1cc(C(=O)N2CCC3(CC2NC(C)=O)NC(=O)c2ccccc2N3)nc2c(OC)cccc12. The molecule has 1 saturated heterocycles. The van der Waals surface area contributed by atoms with E-state index in [-0.39, 0.29) is 36.4 Å². The second kappa shape index (κ2) is 9.03. The minimum Gasteiger partial charge on any atom is -0.496 e. The van der Waals surface area contributed by atoms with Gasteiger partial charge in [-0.1, -0.05) is 18.2 Å². The van der Waals surface area contributed by atoms with Crippen LogP contribution in [-0.2, 0) is 4.79 Å². The average Bonchev–Trinajstić information content (AvgIpc) is 2.87. The van der Waals surface area contributed by atoms with E-state index >= 15 is 0 Å². The van der Waals surface area contributed by atoms with Crippen LogP contribution < -0.4 is 25.4 Å². The third-order valence-corrected chi connectivity index (χ3v) is 6.65. The highest BCUT2D eigenvalue weighted by molar-refractivity contribution is 6.02. The van der Waals surface area contributed by atoms with Crippen molar-refractivity contribution in [2.75, 3.05) is 26.1 Å². The Morgan fingerprint density at radius 1 is 1.08 bits per heavy atom. The molecule has 186 valence electrons. The predicted octanol–water partition coefficient (Wildman–Crippen LogP) is 2.50. The number of para-hydroxylation sites is 2. The number of likely N-dealkylation sites (tertiary alicyclic amines) is 1. The molecule has 10 nitrogen and oxygen atoms in total. The average molecular weight is 490 g/mol. The maximum absolute atomic E-state index is 13.7. The van der Waals surface area contributed by atoms with Gasteiger partial charge in [-0.2, -0.15) is 0 Å². The van der Waals surface area contributed by atoms with Crippen molar-refractivity contribution in [3.8, 4) is 11.5 Å². The van der Waals surface area contributed by atoms with Gasteiger partial charge in [0.1, 0.15) is 34.5 Å². The minimum atomic E-state index is -0.812. The van der Waals surface area contributed by atoms with E-state index in [1.54, 1.807) is 29.2 Å². The second-order valence-corrected chi connectivity index (χ2v) is 8.94. The van der Waals surface area contributed by atoms with Gasteiger partial charge in [-0.15, -0.1) is 0 Å². The zero-order valence-electron chi connectivity index (χ0n) is 20.3. The lowest BCUT2D eigenvalue weighted by Crippen LogP contribution is -2.68. The third-order valence-electron chi connectivity index (χ3n) is 6.65. The number of piperidine rings is 1. The Labute approximate surface area is 208 Å². The molecule has 10 heteroatoms. The lowest BCUT2D eigenvalue weighted by molar-refractivity contribution is -0.121. The first-order valence-corrected chi connectivity index (χ1v) is 11.6. The summed E-state index contributed by atoms with van der Waals surface area (Å²) in [6.45, 7) is 1.67. The molecular formula is C26H27N5O5. The van der Waals surface area contributed by atoms with Crippen molar-refractivity contribution in [2.24, 2.45) is 0 Å². The van der Waals surface area contributed by atoms with Crippen LogP contribution in [0.15, 0.2) is 48.5 Å². The van der Waals surface area contributed by atoms with Crippen LogP contribution in [0.3, 0.4) is 0 Å². The first-order chi connectivity index (χ1) is 17.3. The fraction of sp³-hybridized carbons (Fsp3) is 0.308. The Balaban J connectivity index is 1.49. The van der Waals surface area contributed by atoms with E-state index in [1.807, 2.05) is 24.3 Å². The molecule has 0 saturated carbocycles. The number of carbonyl (C=O) groups is 3. The first kappa shape index (κ1) is 23.4. The molecule has 1 spiro atoms. The summed E-state index contributed by atoms with van der Waals surface area (Å²) in [6.07, 6.45) is 0.0259. The maximum Gasteiger partial charge on any atom is 0.274 e. The number of amides is 3. The number of fused-ring (bicyclic) bond motifs is 2. The molecule has 0 radical (unpaired) electrons. The van der Waals surface area contributed by atoms with Crippen LogP contribution in [0.1, 0.15) is 40.6 Å². The van der Waals surface area contributed by atoms with E-state index < -0.39 is 11.8 Å². The van der Waals surface area contributed by atoms with Gasteiger partial charge in [0.2, 0.25) is 5.91 Å². The van der Waals surface area contributed by atoms with Crippen molar-refractivity contribution in [2.45, 2.75) is 31.6 Å². The van der Waals surface area contributed by atoms with Gasteiger partial charge in [-0.05, 0) is 24.3 Å². The van der Waals surface area contributed by atoms with Crippen LogP contribution in [-0.4, -0.2) is 60.2 Å². The number of ether oxygens (including phenoxy) is 2. The fourth-order valence-electron chi connectivity index (χ4n) is 4.99. The molecule has 1 aromatic heterocycles. The lowest BCUT2D eigenvalue weighted by atomic mass is 9.90. The van der Waals surface area contributed by atoms with Crippen molar-refractivity contribution in [3.05, 3.63) is 59.8 Å². The number of rotatable bonds is 4. The van der Waals surface area contributed by atoms with Crippen LogP contribution in [0.25, 0.3) is 10.9 Å². The van der Waals surface area contributed by atoms with Crippen molar-refractivity contribution in [1.82, 2.24) is 20.5 Å². The van der Waals surface area contributed by atoms with E-state index in [0.29, 0.717) is 29.0 Å².